The minimum atomic E-state index is -1.38. The van der Waals surface area contributed by atoms with Crippen LogP contribution in [0.1, 0.15) is 39.5 Å². The lowest BCUT2D eigenvalue weighted by Crippen LogP contribution is -2.64. The van der Waals surface area contributed by atoms with E-state index in [9.17, 15) is 19.2 Å². The molecule has 1 rings (SSSR count). The molecule has 1 atom stereocenters. The molecule has 1 heterocycles. The fourth-order valence-electron chi connectivity index (χ4n) is 2.44. The molecular formula is C15H22N2O5. The van der Waals surface area contributed by atoms with E-state index in [1.165, 1.54) is 6.08 Å². The molecule has 0 aromatic rings. The smallest absolute Gasteiger partial charge is 0.331 e. The Kier molecular flexibility index (Phi) is 6.27. The summed E-state index contributed by atoms with van der Waals surface area (Å²) < 4.78 is 4.76. The number of ether oxygens (including phenoxy) is 1. The number of carbonyl (C=O) groups is 4. The van der Waals surface area contributed by atoms with E-state index in [1.54, 1.807) is 6.92 Å². The standard InChI is InChI=1S/C15H22N2O5/c1-4-7-9-15(8-5-2)12(19)16-14(21)17(13(15)20)10-11(18)22-6-3/h5H,2,4,6-10H2,1,3H3,(H,16,19,21). The van der Waals surface area contributed by atoms with Crippen LogP contribution < -0.4 is 5.32 Å². The normalized spacial score (nSPS) is 21.5. The summed E-state index contributed by atoms with van der Waals surface area (Å²) in [6.45, 7) is 6.80. The van der Waals surface area contributed by atoms with Crippen molar-refractivity contribution in [1.82, 2.24) is 10.2 Å². The maximum absolute atomic E-state index is 12.7. The molecule has 4 amide bonds. The first-order valence-corrected chi connectivity index (χ1v) is 7.36. The average molecular weight is 310 g/mol. The van der Waals surface area contributed by atoms with Crippen molar-refractivity contribution >= 4 is 23.8 Å². The van der Waals surface area contributed by atoms with Crippen molar-refractivity contribution in [2.24, 2.45) is 5.41 Å². The zero-order valence-electron chi connectivity index (χ0n) is 13.0. The minimum absolute atomic E-state index is 0.115. The van der Waals surface area contributed by atoms with E-state index in [4.69, 9.17) is 4.74 Å². The summed E-state index contributed by atoms with van der Waals surface area (Å²) in [4.78, 5) is 49.1. The fraction of sp³-hybridized carbons (Fsp3) is 0.600. The number of barbiturate groups is 1. The number of amides is 4. The number of allylic oxidation sites excluding steroid dienone is 1. The molecule has 0 saturated carbocycles. The average Bonchev–Trinajstić information content (AvgIpc) is 2.47. The lowest BCUT2D eigenvalue weighted by atomic mass is 9.76. The van der Waals surface area contributed by atoms with Crippen LogP contribution in [0.2, 0.25) is 0 Å². The predicted molar refractivity (Wildman–Crippen MR) is 78.7 cm³/mol. The summed E-state index contributed by atoms with van der Waals surface area (Å²) in [6.07, 6.45) is 3.34. The molecule has 0 aliphatic carbocycles. The predicted octanol–water partition coefficient (Wildman–Crippen LogP) is 1.38. The number of nitrogens with zero attached hydrogens (tertiary/aromatic N) is 1. The lowest BCUT2D eigenvalue weighted by Gasteiger charge is -2.38. The highest BCUT2D eigenvalue weighted by atomic mass is 16.5. The van der Waals surface area contributed by atoms with Gasteiger partial charge in [-0.3, -0.25) is 24.6 Å². The van der Waals surface area contributed by atoms with Crippen molar-refractivity contribution in [3.05, 3.63) is 12.7 Å². The van der Waals surface area contributed by atoms with Crippen LogP contribution >= 0.6 is 0 Å². The molecule has 0 radical (unpaired) electrons. The highest BCUT2D eigenvalue weighted by Crippen LogP contribution is 2.35. The van der Waals surface area contributed by atoms with Gasteiger partial charge in [0.2, 0.25) is 11.8 Å². The first-order chi connectivity index (χ1) is 10.4. The van der Waals surface area contributed by atoms with E-state index in [-0.39, 0.29) is 13.0 Å². The number of unbranched alkanes of at least 4 members (excludes halogenated alkanes) is 1. The zero-order chi connectivity index (χ0) is 16.8. The molecule has 7 heteroatoms. The second-order valence-electron chi connectivity index (χ2n) is 5.13. The van der Waals surface area contributed by atoms with Crippen LogP contribution in [-0.2, 0) is 19.1 Å². The Morgan fingerprint density at radius 1 is 1.36 bits per heavy atom. The van der Waals surface area contributed by atoms with Crippen molar-refractivity contribution in [2.75, 3.05) is 13.2 Å². The van der Waals surface area contributed by atoms with Gasteiger partial charge in [0.25, 0.3) is 0 Å². The number of nitrogens with one attached hydrogen (secondary N) is 1. The maximum atomic E-state index is 12.7. The number of carbonyl (C=O) groups excluding carboxylic acids is 4. The largest absolute Gasteiger partial charge is 0.465 e. The van der Waals surface area contributed by atoms with Gasteiger partial charge in [-0.15, -0.1) is 6.58 Å². The number of hydrogen-bond acceptors (Lipinski definition) is 5. The molecule has 0 aromatic carbocycles. The number of imide groups is 2. The minimum Gasteiger partial charge on any atom is -0.465 e. The molecule has 0 aromatic heterocycles. The van der Waals surface area contributed by atoms with E-state index in [1.807, 2.05) is 6.92 Å². The van der Waals surface area contributed by atoms with Gasteiger partial charge in [-0.2, -0.15) is 0 Å². The third-order valence-corrected chi connectivity index (χ3v) is 3.60. The van der Waals surface area contributed by atoms with Crippen LogP contribution in [0.3, 0.4) is 0 Å². The molecule has 7 nitrogen and oxygen atoms in total. The van der Waals surface area contributed by atoms with E-state index < -0.39 is 35.8 Å². The van der Waals surface area contributed by atoms with Crippen LogP contribution in [0.25, 0.3) is 0 Å². The molecule has 122 valence electrons. The molecule has 22 heavy (non-hydrogen) atoms. The molecule has 1 aliphatic heterocycles. The van der Waals surface area contributed by atoms with E-state index in [2.05, 4.69) is 11.9 Å². The topological polar surface area (TPSA) is 92.8 Å². The van der Waals surface area contributed by atoms with Crippen molar-refractivity contribution in [3.8, 4) is 0 Å². The van der Waals surface area contributed by atoms with Crippen LogP contribution in [0.15, 0.2) is 12.7 Å². The summed E-state index contributed by atoms with van der Waals surface area (Å²) in [6, 6.07) is -0.890. The van der Waals surface area contributed by atoms with Gasteiger partial charge in [0, 0.05) is 0 Å². The van der Waals surface area contributed by atoms with E-state index in [0.717, 1.165) is 11.3 Å². The first kappa shape index (κ1) is 17.9. The third kappa shape index (κ3) is 3.52. The Hall–Kier alpha value is -2.18. The third-order valence-electron chi connectivity index (χ3n) is 3.60. The number of urea groups is 1. The van der Waals surface area contributed by atoms with Crippen molar-refractivity contribution in [3.63, 3.8) is 0 Å². The Morgan fingerprint density at radius 2 is 2.05 bits per heavy atom. The monoisotopic (exact) mass is 310 g/mol. The molecule has 0 bridgehead atoms. The highest BCUT2D eigenvalue weighted by molar-refractivity contribution is 6.19. The summed E-state index contributed by atoms with van der Waals surface area (Å²) in [5, 5.41) is 2.16. The Bertz CT molecular complexity index is 488. The number of rotatable bonds is 8. The van der Waals surface area contributed by atoms with E-state index >= 15 is 0 Å². The SMILES string of the molecule is C=CCC1(CCCC)C(=O)NC(=O)N(CC(=O)OCC)C1=O. The van der Waals surface area contributed by atoms with Gasteiger partial charge in [0.1, 0.15) is 12.0 Å². The summed E-state index contributed by atoms with van der Waals surface area (Å²) in [7, 11) is 0. The molecule has 1 N–H and O–H groups in total. The highest BCUT2D eigenvalue weighted by Gasteiger charge is 2.52. The molecule has 1 aliphatic rings. The quantitative estimate of drug-likeness (QED) is 0.415. The van der Waals surface area contributed by atoms with Gasteiger partial charge < -0.3 is 4.74 Å². The van der Waals surface area contributed by atoms with Gasteiger partial charge >= 0.3 is 12.0 Å². The van der Waals surface area contributed by atoms with Crippen LogP contribution in [0, 0.1) is 5.41 Å². The molecule has 1 fully saturated rings. The Labute approximate surface area is 129 Å². The van der Waals surface area contributed by atoms with Gasteiger partial charge in [0.05, 0.1) is 6.61 Å². The molecule has 1 unspecified atom stereocenters. The van der Waals surface area contributed by atoms with Gasteiger partial charge in [-0.05, 0) is 19.8 Å². The fourth-order valence-corrected chi connectivity index (χ4v) is 2.44. The Balaban J connectivity index is 3.07. The summed E-state index contributed by atoms with van der Waals surface area (Å²) in [5.74, 6) is -1.98. The molecular weight excluding hydrogens is 288 g/mol. The van der Waals surface area contributed by atoms with Crippen LogP contribution in [-0.4, -0.2) is 41.9 Å². The maximum Gasteiger partial charge on any atom is 0.331 e. The summed E-state index contributed by atoms with van der Waals surface area (Å²) in [5.41, 5.74) is -1.38. The van der Waals surface area contributed by atoms with Gasteiger partial charge in [0.15, 0.2) is 0 Å². The first-order valence-electron chi connectivity index (χ1n) is 7.36. The summed E-state index contributed by atoms with van der Waals surface area (Å²) >= 11 is 0. The van der Waals surface area contributed by atoms with Gasteiger partial charge in [-0.1, -0.05) is 25.8 Å². The van der Waals surface area contributed by atoms with Crippen LogP contribution in [0.5, 0.6) is 0 Å². The zero-order valence-corrected chi connectivity index (χ0v) is 13.0. The van der Waals surface area contributed by atoms with Crippen molar-refractivity contribution in [2.45, 2.75) is 39.5 Å². The lowest BCUT2D eigenvalue weighted by molar-refractivity contribution is -0.157. The van der Waals surface area contributed by atoms with E-state index in [0.29, 0.717) is 12.8 Å². The second kappa shape index (κ2) is 7.72. The van der Waals surface area contributed by atoms with Gasteiger partial charge in [-0.25, -0.2) is 4.79 Å². The number of esters is 1. The van der Waals surface area contributed by atoms with Crippen molar-refractivity contribution < 1.29 is 23.9 Å². The second-order valence-corrected chi connectivity index (χ2v) is 5.13. The van der Waals surface area contributed by atoms with Crippen molar-refractivity contribution in [1.29, 1.82) is 0 Å². The molecule has 0 spiro atoms. The Morgan fingerprint density at radius 3 is 2.59 bits per heavy atom. The molecule has 1 saturated heterocycles. The number of hydrogen-bond donors (Lipinski definition) is 1. The van der Waals surface area contributed by atoms with Crippen LogP contribution in [0.4, 0.5) is 4.79 Å².